The van der Waals surface area contributed by atoms with Crippen LogP contribution in [0.15, 0.2) is 48.0 Å². The molecule has 0 bridgehead atoms. The van der Waals surface area contributed by atoms with Gasteiger partial charge in [-0.15, -0.1) is 0 Å². The number of pyridine rings is 2. The molecule has 0 fully saturated rings. The molecular formula is C20H19Cl2N3O5. The van der Waals surface area contributed by atoms with Crippen LogP contribution in [0.5, 0.6) is 0 Å². The van der Waals surface area contributed by atoms with Gasteiger partial charge in [-0.2, -0.15) is 0 Å². The highest BCUT2D eigenvalue weighted by atomic mass is 35.5. The maximum absolute atomic E-state index is 12.7. The first-order valence-electron chi connectivity index (χ1n) is 8.84. The first-order valence-corrected chi connectivity index (χ1v) is 9.59. The maximum atomic E-state index is 12.7. The molecule has 0 unspecified atom stereocenters. The Balaban J connectivity index is 2.29. The normalized spacial score (nSPS) is 22.0. The molecule has 30 heavy (non-hydrogen) atoms. The summed E-state index contributed by atoms with van der Waals surface area (Å²) < 4.78 is 9.78. The Morgan fingerprint density at radius 1 is 1.03 bits per heavy atom. The van der Waals surface area contributed by atoms with E-state index in [4.69, 9.17) is 32.7 Å². The summed E-state index contributed by atoms with van der Waals surface area (Å²) in [7, 11) is 4.05. The largest absolute Gasteiger partial charge is 0.511 e. The van der Waals surface area contributed by atoms with Gasteiger partial charge >= 0.3 is 11.9 Å². The average molecular weight is 452 g/mol. The van der Waals surface area contributed by atoms with Gasteiger partial charge in [0.05, 0.1) is 43.3 Å². The fraction of sp³-hybridized carbons (Fsp3) is 0.300. The van der Waals surface area contributed by atoms with Gasteiger partial charge in [-0.25, -0.2) is 4.79 Å². The quantitative estimate of drug-likeness (QED) is 0.706. The Hall–Kier alpha value is -2.68. The molecule has 2 aromatic heterocycles. The summed E-state index contributed by atoms with van der Waals surface area (Å²) in [5.41, 5.74) is 0.652. The lowest BCUT2D eigenvalue weighted by atomic mass is 9.82. The number of esters is 2. The number of aliphatic hydroxyl groups is 1. The third-order valence-electron chi connectivity index (χ3n) is 4.94. The number of likely N-dealkylation sites (N-methyl/N-ethyl adjacent to an activating group) is 1. The summed E-state index contributed by atoms with van der Waals surface area (Å²) in [6.07, 6.45) is 2.97. The molecule has 2 aromatic rings. The Morgan fingerprint density at radius 3 is 2.13 bits per heavy atom. The van der Waals surface area contributed by atoms with Crippen LogP contribution in [0.2, 0.25) is 10.0 Å². The summed E-state index contributed by atoms with van der Waals surface area (Å²) in [6, 6.07) is 4.64. The second kappa shape index (κ2) is 8.99. The van der Waals surface area contributed by atoms with Gasteiger partial charge < -0.3 is 14.6 Å². The summed E-state index contributed by atoms with van der Waals surface area (Å²) in [4.78, 5) is 35.6. The van der Waals surface area contributed by atoms with Crippen molar-refractivity contribution in [2.75, 3.05) is 21.3 Å². The molecule has 8 nitrogen and oxygen atoms in total. The highest BCUT2D eigenvalue weighted by molar-refractivity contribution is 6.30. The van der Waals surface area contributed by atoms with Crippen LogP contribution in [0, 0.1) is 5.92 Å². The number of halogens is 2. The molecule has 10 heteroatoms. The van der Waals surface area contributed by atoms with Crippen LogP contribution in [-0.2, 0) is 19.1 Å². The molecule has 0 radical (unpaired) electrons. The number of rotatable bonds is 4. The van der Waals surface area contributed by atoms with Gasteiger partial charge in [0, 0.05) is 22.4 Å². The van der Waals surface area contributed by atoms with Gasteiger partial charge in [0.25, 0.3) is 0 Å². The lowest BCUT2D eigenvalue weighted by molar-refractivity contribution is -0.149. The Kier molecular flexibility index (Phi) is 6.60. The van der Waals surface area contributed by atoms with Crippen LogP contribution in [-0.4, -0.2) is 53.2 Å². The number of hydrogen-bond donors (Lipinski definition) is 1. The van der Waals surface area contributed by atoms with E-state index < -0.39 is 35.7 Å². The van der Waals surface area contributed by atoms with Crippen molar-refractivity contribution < 1.29 is 24.2 Å². The zero-order valence-corrected chi connectivity index (χ0v) is 17.9. The lowest BCUT2D eigenvalue weighted by Crippen LogP contribution is -2.46. The summed E-state index contributed by atoms with van der Waals surface area (Å²) in [5, 5.41) is 11.9. The minimum Gasteiger partial charge on any atom is -0.511 e. The zero-order valence-electron chi connectivity index (χ0n) is 16.4. The van der Waals surface area contributed by atoms with Crippen molar-refractivity contribution in [2.45, 2.75) is 12.1 Å². The number of carbonyl (C=O) groups is 2. The van der Waals surface area contributed by atoms with E-state index in [1.165, 1.54) is 26.6 Å². The molecule has 1 aliphatic rings. The number of aromatic nitrogens is 2. The van der Waals surface area contributed by atoms with E-state index >= 15 is 0 Å². The summed E-state index contributed by atoms with van der Waals surface area (Å²) >= 11 is 12.3. The lowest BCUT2D eigenvalue weighted by Gasteiger charge is -2.42. The fourth-order valence-corrected chi connectivity index (χ4v) is 3.98. The molecule has 0 aromatic carbocycles. The first kappa shape index (κ1) is 22.0. The van der Waals surface area contributed by atoms with Crippen molar-refractivity contribution in [3.63, 3.8) is 0 Å². The standard InChI is InChI=1S/C20H19Cl2N3O5/c1-25-16(12-8-10(21)4-6-23-12)14(19(27)29-2)18(26)15(20(28)30-3)17(25)13-9-11(22)5-7-24-13/h4-9,14,16-17,26H,1-3H3/t14-,16-,17-/m0/s1. The average Bonchev–Trinajstić information content (AvgIpc) is 2.73. The number of hydrogen-bond acceptors (Lipinski definition) is 8. The molecule has 158 valence electrons. The second-order valence-corrected chi connectivity index (χ2v) is 7.47. The van der Waals surface area contributed by atoms with Crippen molar-refractivity contribution >= 4 is 35.1 Å². The van der Waals surface area contributed by atoms with E-state index in [0.717, 1.165) is 0 Å². The van der Waals surface area contributed by atoms with Crippen molar-refractivity contribution in [1.29, 1.82) is 0 Å². The number of aliphatic hydroxyl groups excluding tert-OH is 1. The van der Waals surface area contributed by atoms with E-state index in [1.54, 1.807) is 36.2 Å². The van der Waals surface area contributed by atoms with Crippen molar-refractivity contribution in [2.24, 2.45) is 5.92 Å². The van der Waals surface area contributed by atoms with Gasteiger partial charge in [-0.3, -0.25) is 19.7 Å². The van der Waals surface area contributed by atoms with E-state index in [-0.39, 0.29) is 5.57 Å². The molecule has 3 heterocycles. The second-order valence-electron chi connectivity index (χ2n) is 6.60. The zero-order chi connectivity index (χ0) is 22.0. The van der Waals surface area contributed by atoms with Gasteiger partial charge in [-0.05, 0) is 31.3 Å². The Morgan fingerprint density at radius 2 is 1.60 bits per heavy atom. The van der Waals surface area contributed by atoms with Crippen LogP contribution in [0.1, 0.15) is 23.5 Å². The van der Waals surface area contributed by atoms with Crippen molar-refractivity contribution in [3.05, 3.63) is 69.4 Å². The highest BCUT2D eigenvalue weighted by Gasteiger charge is 2.49. The molecule has 1 N–H and O–H groups in total. The summed E-state index contributed by atoms with van der Waals surface area (Å²) in [6.45, 7) is 0. The number of nitrogens with zero attached hydrogens (tertiary/aromatic N) is 3. The van der Waals surface area contributed by atoms with Gasteiger partial charge in [0.1, 0.15) is 11.7 Å². The molecule has 3 atom stereocenters. The Labute approximate surface area is 183 Å². The molecule has 3 rings (SSSR count). The first-order chi connectivity index (χ1) is 14.3. The third kappa shape index (κ3) is 3.98. The van der Waals surface area contributed by atoms with E-state index in [1.807, 2.05) is 0 Å². The van der Waals surface area contributed by atoms with Crippen molar-refractivity contribution in [1.82, 2.24) is 14.9 Å². The van der Waals surface area contributed by atoms with E-state index in [2.05, 4.69) is 9.97 Å². The van der Waals surface area contributed by atoms with E-state index in [0.29, 0.717) is 21.4 Å². The van der Waals surface area contributed by atoms with Crippen molar-refractivity contribution in [3.8, 4) is 0 Å². The molecule has 1 aliphatic heterocycles. The Bertz CT molecular complexity index is 1010. The smallest absolute Gasteiger partial charge is 0.339 e. The number of methoxy groups -OCH3 is 2. The molecular weight excluding hydrogens is 433 g/mol. The minimum atomic E-state index is -1.24. The summed E-state index contributed by atoms with van der Waals surface area (Å²) in [5.74, 6) is -3.27. The van der Waals surface area contributed by atoms with Gasteiger partial charge in [0.2, 0.25) is 0 Å². The highest BCUT2D eigenvalue weighted by Crippen LogP contribution is 2.46. The van der Waals surface area contributed by atoms with Crippen LogP contribution in [0.4, 0.5) is 0 Å². The van der Waals surface area contributed by atoms with Crippen LogP contribution in [0.25, 0.3) is 0 Å². The SMILES string of the molecule is COC(=O)C1=C(O)[C@@H](C(=O)OC)[C@H](c2cc(Cl)ccn2)N(C)[C@H]1c1cc(Cl)ccn1. The monoisotopic (exact) mass is 451 g/mol. The topological polar surface area (TPSA) is 102 Å². The number of ether oxygens (including phenoxy) is 2. The van der Waals surface area contributed by atoms with Crippen LogP contribution < -0.4 is 0 Å². The molecule has 0 amide bonds. The third-order valence-corrected chi connectivity index (χ3v) is 5.41. The van der Waals surface area contributed by atoms with Gasteiger partial charge in [0.15, 0.2) is 0 Å². The predicted octanol–water partition coefficient (Wildman–Crippen LogP) is 3.29. The van der Waals surface area contributed by atoms with Gasteiger partial charge in [-0.1, -0.05) is 23.2 Å². The molecule has 0 spiro atoms. The molecule has 0 saturated carbocycles. The van der Waals surface area contributed by atoms with E-state index in [9.17, 15) is 14.7 Å². The maximum Gasteiger partial charge on any atom is 0.339 e. The minimum absolute atomic E-state index is 0.136. The number of carbonyl (C=O) groups excluding carboxylic acids is 2. The van der Waals surface area contributed by atoms with Crippen LogP contribution >= 0.6 is 23.2 Å². The van der Waals surface area contributed by atoms with Crippen LogP contribution in [0.3, 0.4) is 0 Å². The predicted molar refractivity (Wildman–Crippen MR) is 109 cm³/mol. The fourth-order valence-electron chi connectivity index (χ4n) is 3.64. The molecule has 0 aliphatic carbocycles. The molecule has 0 saturated heterocycles.